The number of carbonyl (C=O) groups excluding carboxylic acids is 1. The molecule has 1 aromatic heterocycles. The molecule has 1 heterocycles. The number of amides is 1. The molecule has 0 spiro atoms. The van der Waals surface area contributed by atoms with Crippen molar-refractivity contribution in [1.29, 1.82) is 0 Å². The topological polar surface area (TPSA) is 46.9 Å². The van der Waals surface area contributed by atoms with Gasteiger partial charge in [0.05, 0.1) is 23.6 Å². The molecule has 160 valence electrons. The summed E-state index contributed by atoms with van der Waals surface area (Å²) in [5, 5.41) is 7.65. The summed E-state index contributed by atoms with van der Waals surface area (Å²) >= 11 is 0. The Balaban J connectivity index is 1.63. The van der Waals surface area contributed by atoms with Crippen LogP contribution in [-0.2, 0) is 11.3 Å². The van der Waals surface area contributed by atoms with Gasteiger partial charge in [0.15, 0.2) is 0 Å². The number of anilines is 1. The Hall–Kier alpha value is -3.99. The minimum atomic E-state index is -0.270. The predicted molar refractivity (Wildman–Crippen MR) is 127 cm³/mol. The number of benzene rings is 3. The zero-order valence-electron chi connectivity index (χ0n) is 18.0. The van der Waals surface area contributed by atoms with Gasteiger partial charge in [-0.1, -0.05) is 72.8 Å². The first-order valence-electron chi connectivity index (χ1n) is 10.4. The first kappa shape index (κ1) is 21.2. The van der Waals surface area contributed by atoms with E-state index in [9.17, 15) is 9.18 Å². The van der Waals surface area contributed by atoms with Crippen LogP contribution in [0.5, 0.6) is 0 Å². The Labute approximate surface area is 187 Å². The Morgan fingerprint density at radius 2 is 1.56 bits per heavy atom. The van der Waals surface area contributed by atoms with E-state index < -0.39 is 0 Å². The fourth-order valence-corrected chi connectivity index (χ4v) is 3.59. The van der Waals surface area contributed by atoms with Crippen molar-refractivity contribution >= 4 is 23.2 Å². The Morgan fingerprint density at radius 3 is 2.22 bits per heavy atom. The van der Waals surface area contributed by atoms with Gasteiger partial charge in [-0.2, -0.15) is 5.10 Å². The third-order valence-electron chi connectivity index (χ3n) is 5.31. The van der Waals surface area contributed by atoms with Crippen LogP contribution in [0, 0.1) is 19.7 Å². The highest BCUT2D eigenvalue weighted by molar-refractivity contribution is 6.29. The Morgan fingerprint density at radius 1 is 0.938 bits per heavy atom. The monoisotopic (exact) mass is 425 g/mol. The van der Waals surface area contributed by atoms with Crippen LogP contribution in [0.2, 0.25) is 0 Å². The van der Waals surface area contributed by atoms with Gasteiger partial charge in [-0.3, -0.25) is 9.48 Å². The maximum absolute atomic E-state index is 13.4. The average molecular weight is 426 g/mol. The molecular weight excluding hydrogens is 401 g/mol. The van der Waals surface area contributed by atoms with Crippen molar-refractivity contribution in [3.63, 3.8) is 0 Å². The quantitative estimate of drug-likeness (QED) is 0.310. The SMILES string of the molecule is Cc1nn(Cc2ccc(F)cc2)c(C)c1NC(=O)/C(=C\c1ccccc1)c1ccccc1. The summed E-state index contributed by atoms with van der Waals surface area (Å²) in [5.74, 6) is -0.471. The lowest BCUT2D eigenvalue weighted by Gasteiger charge is -2.11. The lowest BCUT2D eigenvalue weighted by Crippen LogP contribution is -2.15. The van der Waals surface area contributed by atoms with E-state index in [0.29, 0.717) is 17.8 Å². The van der Waals surface area contributed by atoms with Gasteiger partial charge in [0.25, 0.3) is 5.91 Å². The smallest absolute Gasteiger partial charge is 0.256 e. The molecule has 32 heavy (non-hydrogen) atoms. The van der Waals surface area contributed by atoms with Crippen molar-refractivity contribution in [1.82, 2.24) is 9.78 Å². The van der Waals surface area contributed by atoms with Gasteiger partial charge in [-0.15, -0.1) is 0 Å². The van der Waals surface area contributed by atoms with Crippen molar-refractivity contribution < 1.29 is 9.18 Å². The van der Waals surface area contributed by atoms with Gasteiger partial charge in [-0.25, -0.2) is 4.39 Å². The highest BCUT2D eigenvalue weighted by Crippen LogP contribution is 2.25. The van der Waals surface area contributed by atoms with Crippen LogP contribution in [0.1, 0.15) is 28.1 Å². The third kappa shape index (κ3) is 4.83. The van der Waals surface area contributed by atoms with Gasteiger partial charge < -0.3 is 5.32 Å². The van der Waals surface area contributed by atoms with Crippen molar-refractivity contribution in [2.24, 2.45) is 0 Å². The molecule has 3 aromatic carbocycles. The number of hydrogen-bond donors (Lipinski definition) is 1. The molecule has 1 amide bonds. The van der Waals surface area contributed by atoms with E-state index in [1.165, 1.54) is 12.1 Å². The van der Waals surface area contributed by atoms with Crippen LogP contribution < -0.4 is 5.32 Å². The van der Waals surface area contributed by atoms with Crippen molar-refractivity contribution in [2.75, 3.05) is 5.32 Å². The second-order valence-corrected chi connectivity index (χ2v) is 7.62. The maximum Gasteiger partial charge on any atom is 0.256 e. The van der Waals surface area contributed by atoms with Gasteiger partial charge in [-0.05, 0) is 48.7 Å². The fourth-order valence-electron chi connectivity index (χ4n) is 3.59. The van der Waals surface area contributed by atoms with Crippen molar-refractivity contribution in [3.05, 3.63) is 119 Å². The normalized spacial score (nSPS) is 11.4. The van der Waals surface area contributed by atoms with Crippen LogP contribution in [-0.4, -0.2) is 15.7 Å². The van der Waals surface area contributed by atoms with E-state index in [-0.39, 0.29) is 11.7 Å². The lowest BCUT2D eigenvalue weighted by molar-refractivity contribution is -0.111. The molecule has 0 atom stereocenters. The molecule has 4 rings (SSSR count). The van der Waals surface area contributed by atoms with Crippen LogP contribution in [0.4, 0.5) is 10.1 Å². The number of nitrogens with one attached hydrogen (secondary N) is 1. The lowest BCUT2D eigenvalue weighted by atomic mass is 10.0. The summed E-state index contributed by atoms with van der Waals surface area (Å²) in [6, 6.07) is 25.7. The summed E-state index contributed by atoms with van der Waals surface area (Å²) in [6.07, 6.45) is 1.89. The van der Waals surface area contributed by atoms with Crippen LogP contribution >= 0.6 is 0 Å². The molecule has 0 fully saturated rings. The molecule has 0 unspecified atom stereocenters. The first-order chi connectivity index (χ1) is 15.5. The molecule has 0 radical (unpaired) electrons. The van der Waals surface area contributed by atoms with Gasteiger partial charge in [0.2, 0.25) is 0 Å². The minimum absolute atomic E-state index is 0.201. The summed E-state index contributed by atoms with van der Waals surface area (Å²) in [6.45, 7) is 4.28. The molecule has 0 saturated carbocycles. The fraction of sp³-hybridized carbons (Fsp3) is 0.111. The van der Waals surface area contributed by atoms with E-state index in [4.69, 9.17) is 0 Å². The summed E-state index contributed by atoms with van der Waals surface area (Å²) in [7, 11) is 0. The molecule has 1 N–H and O–H groups in total. The van der Waals surface area contributed by atoms with E-state index in [0.717, 1.165) is 28.1 Å². The zero-order chi connectivity index (χ0) is 22.5. The standard InChI is InChI=1S/C27H24FN3O/c1-19-26(20(2)31(30-19)18-22-13-15-24(28)16-14-22)29-27(32)25(23-11-7-4-8-12-23)17-21-9-5-3-6-10-21/h3-17H,18H2,1-2H3,(H,29,32)/b25-17-. The Kier molecular flexibility index (Phi) is 6.26. The maximum atomic E-state index is 13.4. The van der Waals surface area contributed by atoms with E-state index >= 15 is 0 Å². The molecule has 0 aliphatic rings. The predicted octanol–water partition coefficient (Wildman–Crippen LogP) is 5.87. The van der Waals surface area contributed by atoms with E-state index in [1.54, 1.807) is 12.1 Å². The second kappa shape index (κ2) is 9.43. The number of aryl methyl sites for hydroxylation is 1. The molecule has 4 nitrogen and oxygen atoms in total. The number of carbonyl (C=O) groups is 1. The summed E-state index contributed by atoms with van der Waals surface area (Å²) < 4.78 is 15.0. The Bertz CT molecular complexity index is 1240. The molecular formula is C27H24FN3O. The number of aromatic nitrogens is 2. The van der Waals surface area contributed by atoms with E-state index in [1.807, 2.05) is 85.3 Å². The first-order valence-corrected chi connectivity index (χ1v) is 10.4. The summed E-state index contributed by atoms with van der Waals surface area (Å²) in [5.41, 5.74) is 5.54. The molecule has 4 aromatic rings. The average Bonchev–Trinajstić information content (AvgIpc) is 3.07. The molecule has 0 aliphatic carbocycles. The molecule has 5 heteroatoms. The van der Waals surface area contributed by atoms with Gasteiger partial charge >= 0.3 is 0 Å². The second-order valence-electron chi connectivity index (χ2n) is 7.62. The van der Waals surface area contributed by atoms with Gasteiger partial charge in [0, 0.05) is 5.57 Å². The third-order valence-corrected chi connectivity index (χ3v) is 5.31. The molecule has 0 aliphatic heterocycles. The highest BCUT2D eigenvalue weighted by atomic mass is 19.1. The minimum Gasteiger partial charge on any atom is -0.319 e. The van der Waals surface area contributed by atoms with Crippen LogP contribution in [0.3, 0.4) is 0 Å². The highest BCUT2D eigenvalue weighted by Gasteiger charge is 2.18. The largest absolute Gasteiger partial charge is 0.319 e. The van der Waals surface area contributed by atoms with Crippen LogP contribution in [0.25, 0.3) is 11.6 Å². The molecule has 0 saturated heterocycles. The molecule has 0 bridgehead atoms. The van der Waals surface area contributed by atoms with Crippen molar-refractivity contribution in [2.45, 2.75) is 20.4 Å². The zero-order valence-corrected chi connectivity index (χ0v) is 18.0. The number of nitrogens with zero attached hydrogens (tertiary/aromatic N) is 2. The number of halogens is 1. The number of hydrogen-bond acceptors (Lipinski definition) is 2. The number of rotatable bonds is 6. The van der Waals surface area contributed by atoms with E-state index in [2.05, 4.69) is 10.4 Å². The van der Waals surface area contributed by atoms with Crippen LogP contribution in [0.15, 0.2) is 84.9 Å². The van der Waals surface area contributed by atoms with Gasteiger partial charge in [0.1, 0.15) is 5.82 Å². The van der Waals surface area contributed by atoms with Crippen molar-refractivity contribution in [3.8, 4) is 0 Å². The summed E-state index contributed by atoms with van der Waals surface area (Å²) in [4.78, 5) is 13.4.